The topological polar surface area (TPSA) is 26.9 Å². The van der Waals surface area contributed by atoms with Crippen molar-refractivity contribution in [1.82, 2.24) is 9.13 Å². The van der Waals surface area contributed by atoms with Crippen LogP contribution in [-0.4, -0.2) is 15.0 Å². The first-order valence-electron chi connectivity index (χ1n) is 9.64. The highest BCUT2D eigenvalue weighted by Gasteiger charge is 2.32. The van der Waals surface area contributed by atoms with Crippen LogP contribution in [0.25, 0.3) is 10.9 Å². The number of rotatable bonds is 3. The fourth-order valence-electron chi connectivity index (χ4n) is 4.51. The largest absolute Gasteiger partial charge is 0.340 e. The van der Waals surface area contributed by atoms with Crippen molar-refractivity contribution in [1.29, 1.82) is 0 Å². The maximum atomic E-state index is 13.2. The van der Waals surface area contributed by atoms with Crippen LogP contribution >= 0.6 is 0 Å². The molecule has 2 aromatic heterocycles. The van der Waals surface area contributed by atoms with Gasteiger partial charge in [-0.05, 0) is 48.6 Å². The lowest BCUT2D eigenvalue weighted by Crippen LogP contribution is -2.23. The van der Waals surface area contributed by atoms with Crippen LogP contribution in [0.5, 0.6) is 0 Å². The molecular formula is C24H22N2O. The Kier molecular flexibility index (Phi) is 3.93. The zero-order valence-corrected chi connectivity index (χ0v) is 15.2. The number of aromatic nitrogens is 2. The molecule has 0 N–H and O–H groups in total. The molecular weight excluding hydrogens is 332 g/mol. The molecule has 0 spiro atoms. The first kappa shape index (κ1) is 16.1. The van der Waals surface area contributed by atoms with Crippen molar-refractivity contribution in [2.75, 3.05) is 0 Å². The third kappa shape index (κ3) is 2.71. The molecule has 0 saturated heterocycles. The highest BCUT2D eigenvalue weighted by atomic mass is 16.2. The second-order valence-electron chi connectivity index (χ2n) is 7.32. The fraction of sp³-hybridized carbons (Fsp3) is 0.208. The predicted molar refractivity (Wildman–Crippen MR) is 108 cm³/mol. The van der Waals surface area contributed by atoms with E-state index < -0.39 is 0 Å². The van der Waals surface area contributed by atoms with Gasteiger partial charge in [-0.15, -0.1) is 0 Å². The summed E-state index contributed by atoms with van der Waals surface area (Å²) in [7, 11) is 0. The molecule has 134 valence electrons. The lowest BCUT2D eigenvalue weighted by molar-refractivity contribution is 0.0869. The van der Waals surface area contributed by atoms with E-state index in [9.17, 15) is 4.79 Å². The van der Waals surface area contributed by atoms with Gasteiger partial charge in [-0.3, -0.25) is 9.36 Å². The van der Waals surface area contributed by atoms with Crippen molar-refractivity contribution < 1.29 is 4.79 Å². The van der Waals surface area contributed by atoms with Crippen LogP contribution in [0.15, 0.2) is 79.1 Å². The van der Waals surface area contributed by atoms with Gasteiger partial charge in [-0.25, -0.2) is 0 Å². The molecule has 3 heteroatoms. The van der Waals surface area contributed by atoms with Crippen LogP contribution in [0, 0.1) is 0 Å². The summed E-state index contributed by atoms with van der Waals surface area (Å²) < 4.78 is 4.16. The van der Waals surface area contributed by atoms with Gasteiger partial charge in [0.1, 0.15) is 0 Å². The van der Waals surface area contributed by atoms with E-state index in [4.69, 9.17) is 0 Å². The molecule has 27 heavy (non-hydrogen) atoms. The Labute approximate surface area is 158 Å². The van der Waals surface area contributed by atoms with E-state index >= 15 is 0 Å². The Balaban J connectivity index is 1.67. The number of carbonyl (C=O) groups is 1. The average Bonchev–Trinajstić information content (AvgIpc) is 3.36. The molecule has 2 heterocycles. The summed E-state index contributed by atoms with van der Waals surface area (Å²) in [5, 5.41) is 1.23. The summed E-state index contributed by atoms with van der Waals surface area (Å²) in [6.45, 7) is 0.848. The summed E-state index contributed by atoms with van der Waals surface area (Å²) >= 11 is 0. The van der Waals surface area contributed by atoms with Gasteiger partial charge in [0.2, 0.25) is 5.91 Å². The summed E-state index contributed by atoms with van der Waals surface area (Å²) in [4.78, 5) is 13.2. The molecule has 0 aliphatic heterocycles. The second-order valence-corrected chi connectivity index (χ2v) is 7.32. The number of hydrogen-bond donors (Lipinski definition) is 0. The van der Waals surface area contributed by atoms with Gasteiger partial charge in [-0.2, -0.15) is 0 Å². The predicted octanol–water partition coefficient (Wildman–Crippen LogP) is 5.25. The Morgan fingerprint density at radius 1 is 0.926 bits per heavy atom. The average molecular weight is 354 g/mol. The number of nitrogens with zero attached hydrogens (tertiary/aromatic N) is 2. The van der Waals surface area contributed by atoms with Crippen LogP contribution in [0.3, 0.4) is 0 Å². The highest BCUT2D eigenvalue weighted by Crippen LogP contribution is 2.40. The molecule has 1 aliphatic rings. The summed E-state index contributed by atoms with van der Waals surface area (Å²) in [5.41, 5.74) is 5.10. The maximum Gasteiger partial charge on any atom is 0.238 e. The minimum Gasteiger partial charge on any atom is -0.340 e. The summed E-state index contributed by atoms with van der Waals surface area (Å²) in [6, 6.07) is 23.0. The van der Waals surface area contributed by atoms with Crippen LogP contribution in [0.2, 0.25) is 0 Å². The van der Waals surface area contributed by atoms with Gasteiger partial charge in [-0.1, -0.05) is 48.5 Å². The smallest absolute Gasteiger partial charge is 0.238 e. The lowest BCUT2D eigenvalue weighted by Gasteiger charge is -2.24. The highest BCUT2D eigenvalue weighted by molar-refractivity contribution is 5.95. The number of hydrogen-bond acceptors (Lipinski definition) is 1. The Hall–Kier alpha value is -3.07. The molecule has 3 nitrogen and oxygen atoms in total. The van der Waals surface area contributed by atoms with Crippen LogP contribution in [0.4, 0.5) is 0 Å². The van der Waals surface area contributed by atoms with Gasteiger partial charge in [0, 0.05) is 35.5 Å². The molecule has 1 aliphatic carbocycles. The van der Waals surface area contributed by atoms with Crippen molar-refractivity contribution in [3.8, 4) is 0 Å². The van der Waals surface area contributed by atoms with Gasteiger partial charge in [0.25, 0.3) is 0 Å². The van der Waals surface area contributed by atoms with Gasteiger partial charge in [0.05, 0.1) is 5.92 Å². The molecule has 0 radical (unpaired) electrons. The Morgan fingerprint density at radius 3 is 2.48 bits per heavy atom. The molecule has 5 rings (SSSR count). The lowest BCUT2D eigenvalue weighted by atomic mass is 9.84. The van der Waals surface area contributed by atoms with Crippen molar-refractivity contribution in [3.63, 3.8) is 0 Å². The Morgan fingerprint density at radius 2 is 1.67 bits per heavy atom. The monoisotopic (exact) mass is 354 g/mol. The Bertz CT molecular complexity index is 1090. The minimum atomic E-state index is -0.0666. The van der Waals surface area contributed by atoms with Crippen molar-refractivity contribution in [2.24, 2.45) is 0 Å². The number of para-hydroxylation sites is 1. The molecule has 1 unspecified atom stereocenters. The SMILES string of the molecule is O=C(C1CCCc2c1c1ccccc1n2Cc1ccccc1)n1cccc1. The third-order valence-corrected chi connectivity index (χ3v) is 5.72. The van der Waals surface area contributed by atoms with E-state index in [-0.39, 0.29) is 11.8 Å². The second kappa shape index (κ2) is 6.58. The molecule has 0 bridgehead atoms. The number of benzene rings is 2. The van der Waals surface area contributed by atoms with E-state index in [1.165, 1.54) is 27.7 Å². The van der Waals surface area contributed by atoms with Crippen molar-refractivity contribution in [3.05, 3.63) is 95.9 Å². The van der Waals surface area contributed by atoms with E-state index in [0.717, 1.165) is 25.8 Å². The zero-order chi connectivity index (χ0) is 18.2. The number of carbonyl (C=O) groups excluding carboxylic acids is 1. The van der Waals surface area contributed by atoms with Crippen molar-refractivity contribution >= 4 is 16.8 Å². The van der Waals surface area contributed by atoms with Crippen LogP contribution < -0.4 is 0 Å². The zero-order valence-electron chi connectivity index (χ0n) is 15.2. The molecule has 0 fully saturated rings. The van der Waals surface area contributed by atoms with Gasteiger partial charge < -0.3 is 4.57 Å². The quantitative estimate of drug-likeness (QED) is 0.493. The molecule has 2 aromatic carbocycles. The van der Waals surface area contributed by atoms with E-state index in [1.807, 2.05) is 24.5 Å². The van der Waals surface area contributed by atoms with Crippen LogP contribution in [0.1, 0.15) is 40.4 Å². The number of fused-ring (bicyclic) bond motifs is 3. The minimum absolute atomic E-state index is 0.0666. The standard InChI is InChI=1S/C24H22N2O/c27-24(25-15-6-7-16-25)20-12-8-14-22-23(20)19-11-4-5-13-21(19)26(22)17-18-9-2-1-3-10-18/h1-7,9-11,13,15-16,20H,8,12,14,17H2. The summed E-state index contributed by atoms with van der Waals surface area (Å²) in [5.74, 6) is 0.117. The van der Waals surface area contributed by atoms with Gasteiger partial charge in [0.15, 0.2) is 0 Å². The normalized spacial score (nSPS) is 16.4. The first-order chi connectivity index (χ1) is 13.3. The third-order valence-electron chi connectivity index (χ3n) is 5.72. The molecule has 0 saturated carbocycles. The van der Waals surface area contributed by atoms with Crippen LogP contribution in [-0.2, 0) is 13.0 Å². The molecule has 0 amide bonds. The summed E-state index contributed by atoms with van der Waals surface area (Å²) in [6.07, 6.45) is 6.73. The van der Waals surface area contributed by atoms with Gasteiger partial charge >= 0.3 is 0 Å². The van der Waals surface area contributed by atoms with E-state index in [0.29, 0.717) is 0 Å². The molecule has 1 atom stereocenters. The fourth-order valence-corrected chi connectivity index (χ4v) is 4.51. The first-order valence-corrected chi connectivity index (χ1v) is 9.64. The van der Waals surface area contributed by atoms with E-state index in [2.05, 4.69) is 59.2 Å². The van der Waals surface area contributed by atoms with E-state index in [1.54, 1.807) is 4.57 Å². The van der Waals surface area contributed by atoms with Crippen molar-refractivity contribution in [2.45, 2.75) is 31.7 Å². The maximum absolute atomic E-state index is 13.2. The molecule has 4 aromatic rings.